The van der Waals surface area contributed by atoms with Crippen molar-refractivity contribution in [2.75, 3.05) is 0 Å². The highest BCUT2D eigenvalue weighted by Gasteiger charge is 2.14. The third-order valence-corrected chi connectivity index (χ3v) is 4.55. The van der Waals surface area contributed by atoms with E-state index in [1.165, 1.54) is 16.2 Å². The summed E-state index contributed by atoms with van der Waals surface area (Å²) in [5, 5.41) is 4.74. The van der Waals surface area contributed by atoms with Gasteiger partial charge in [-0.25, -0.2) is 0 Å². The van der Waals surface area contributed by atoms with Gasteiger partial charge in [-0.05, 0) is 27.6 Å². The molecule has 0 spiro atoms. The highest BCUT2D eigenvalue weighted by atomic mass is 79.9. The number of Topliss-reactive ketones (excluding diaryl/α,β-unsaturated/α-hetero) is 1. The molecule has 1 heterocycles. The zero-order valence-corrected chi connectivity index (χ0v) is 15.5. The van der Waals surface area contributed by atoms with Crippen molar-refractivity contribution in [3.63, 3.8) is 0 Å². The molecule has 0 aliphatic rings. The van der Waals surface area contributed by atoms with Crippen LogP contribution in [0.25, 0.3) is 21.5 Å². The van der Waals surface area contributed by atoms with Crippen molar-refractivity contribution >= 4 is 27.3 Å². The smallest absolute Gasteiger partial charge is 0.227 e. The van der Waals surface area contributed by atoms with Gasteiger partial charge in [0, 0.05) is 24.6 Å². The SMILES string of the molecule is Cc1cccc[n+]1CC(=O)c1ccc2c(ccc3ccccc32)c1.[Br-]. The fourth-order valence-electron chi connectivity index (χ4n) is 3.17. The quantitative estimate of drug-likeness (QED) is 0.294. The van der Waals surface area contributed by atoms with Gasteiger partial charge < -0.3 is 17.0 Å². The molecule has 0 N–H and O–H groups in total. The molecular formula is C22H18BrNO. The number of benzene rings is 3. The van der Waals surface area contributed by atoms with Crippen LogP contribution in [0, 0.1) is 6.92 Å². The molecule has 0 amide bonds. The van der Waals surface area contributed by atoms with Crippen LogP contribution < -0.4 is 21.5 Å². The molecule has 0 unspecified atom stereocenters. The van der Waals surface area contributed by atoms with Gasteiger partial charge in [0.15, 0.2) is 11.9 Å². The third-order valence-electron chi connectivity index (χ3n) is 4.55. The number of halogens is 1. The summed E-state index contributed by atoms with van der Waals surface area (Å²) in [4.78, 5) is 12.7. The van der Waals surface area contributed by atoms with Crippen LogP contribution in [0.4, 0.5) is 0 Å². The topological polar surface area (TPSA) is 20.9 Å². The highest BCUT2D eigenvalue weighted by molar-refractivity contribution is 6.09. The maximum Gasteiger partial charge on any atom is 0.227 e. The zero-order valence-electron chi connectivity index (χ0n) is 13.9. The minimum absolute atomic E-state index is 0. The van der Waals surface area contributed by atoms with Gasteiger partial charge in [0.2, 0.25) is 12.3 Å². The Morgan fingerprint density at radius 3 is 2.40 bits per heavy atom. The number of aromatic nitrogens is 1. The fraction of sp³-hybridized carbons (Fsp3) is 0.0909. The number of hydrogen-bond acceptors (Lipinski definition) is 1. The number of carbonyl (C=O) groups is 1. The van der Waals surface area contributed by atoms with Gasteiger partial charge in [-0.3, -0.25) is 4.79 Å². The molecule has 3 heteroatoms. The van der Waals surface area contributed by atoms with Crippen LogP contribution in [-0.2, 0) is 6.54 Å². The molecule has 0 aliphatic heterocycles. The second kappa shape index (κ2) is 7.16. The van der Waals surface area contributed by atoms with E-state index in [0.29, 0.717) is 6.54 Å². The molecule has 124 valence electrons. The van der Waals surface area contributed by atoms with E-state index >= 15 is 0 Å². The summed E-state index contributed by atoms with van der Waals surface area (Å²) in [6.45, 7) is 2.38. The van der Waals surface area contributed by atoms with E-state index < -0.39 is 0 Å². The van der Waals surface area contributed by atoms with Crippen LogP contribution in [0.2, 0.25) is 0 Å². The Morgan fingerprint density at radius 2 is 1.56 bits per heavy atom. The van der Waals surface area contributed by atoms with Gasteiger partial charge >= 0.3 is 0 Å². The second-order valence-electron chi connectivity index (χ2n) is 6.12. The molecular weight excluding hydrogens is 374 g/mol. The predicted octanol–water partition coefficient (Wildman–Crippen LogP) is 1.48. The van der Waals surface area contributed by atoms with E-state index in [2.05, 4.69) is 36.4 Å². The molecule has 0 bridgehead atoms. The van der Waals surface area contributed by atoms with E-state index in [9.17, 15) is 4.79 Å². The Hall–Kier alpha value is -2.52. The van der Waals surface area contributed by atoms with Crippen LogP contribution in [0.15, 0.2) is 79.0 Å². The molecule has 4 rings (SSSR count). The van der Waals surface area contributed by atoms with Crippen molar-refractivity contribution in [2.45, 2.75) is 13.5 Å². The summed E-state index contributed by atoms with van der Waals surface area (Å²) < 4.78 is 1.98. The number of pyridine rings is 1. The minimum atomic E-state index is 0. The molecule has 0 saturated heterocycles. The van der Waals surface area contributed by atoms with Crippen molar-refractivity contribution in [2.24, 2.45) is 0 Å². The van der Waals surface area contributed by atoms with Crippen molar-refractivity contribution in [3.05, 3.63) is 90.3 Å². The van der Waals surface area contributed by atoms with Gasteiger partial charge in [0.25, 0.3) is 0 Å². The molecule has 0 aliphatic carbocycles. The van der Waals surface area contributed by atoms with Crippen molar-refractivity contribution in [1.29, 1.82) is 0 Å². The largest absolute Gasteiger partial charge is 1.00 e. The van der Waals surface area contributed by atoms with E-state index in [0.717, 1.165) is 16.6 Å². The standard InChI is InChI=1S/C22H18NO.BrH/c1-16-6-4-5-13-23(16)15-22(24)19-11-12-21-18(14-19)10-9-17-7-2-3-8-20(17)21;/h2-14H,15H2,1H3;1H/q+1;/p-1. The van der Waals surface area contributed by atoms with Crippen molar-refractivity contribution in [3.8, 4) is 0 Å². The average molecular weight is 392 g/mol. The lowest BCUT2D eigenvalue weighted by Crippen LogP contribution is -3.00. The lowest BCUT2D eigenvalue weighted by molar-refractivity contribution is -0.689. The predicted molar refractivity (Wildman–Crippen MR) is 97.2 cm³/mol. The number of fused-ring (bicyclic) bond motifs is 3. The first-order chi connectivity index (χ1) is 11.7. The number of rotatable bonds is 3. The Bertz CT molecular complexity index is 1070. The van der Waals surface area contributed by atoms with Crippen LogP contribution >= 0.6 is 0 Å². The molecule has 2 nitrogen and oxygen atoms in total. The fourth-order valence-corrected chi connectivity index (χ4v) is 3.17. The van der Waals surface area contributed by atoms with E-state index in [1.54, 1.807) is 0 Å². The van der Waals surface area contributed by atoms with Gasteiger partial charge in [-0.1, -0.05) is 54.6 Å². The molecule has 0 atom stereocenters. The van der Waals surface area contributed by atoms with E-state index in [1.807, 2.05) is 54.1 Å². The Labute approximate surface area is 157 Å². The summed E-state index contributed by atoms with van der Waals surface area (Å²) in [6.07, 6.45) is 1.95. The Kier molecular flexibility index (Phi) is 4.95. The van der Waals surface area contributed by atoms with Crippen LogP contribution in [0.3, 0.4) is 0 Å². The normalized spacial score (nSPS) is 10.6. The Balaban J connectivity index is 0.00000182. The lowest BCUT2D eigenvalue weighted by atomic mass is 9.99. The van der Waals surface area contributed by atoms with Crippen LogP contribution in [0.1, 0.15) is 16.1 Å². The number of aryl methyl sites for hydroxylation is 1. The number of hydrogen-bond donors (Lipinski definition) is 0. The minimum Gasteiger partial charge on any atom is -1.00 e. The van der Waals surface area contributed by atoms with Crippen LogP contribution in [-0.4, -0.2) is 5.78 Å². The number of nitrogens with zero attached hydrogens (tertiary/aromatic N) is 1. The maximum absolute atomic E-state index is 12.7. The lowest BCUT2D eigenvalue weighted by Gasteiger charge is -2.06. The van der Waals surface area contributed by atoms with Gasteiger partial charge in [-0.15, -0.1) is 0 Å². The number of carbonyl (C=O) groups excluding carboxylic acids is 1. The zero-order chi connectivity index (χ0) is 16.5. The summed E-state index contributed by atoms with van der Waals surface area (Å²) in [6, 6.07) is 24.5. The highest BCUT2D eigenvalue weighted by Crippen LogP contribution is 2.26. The molecule has 0 fully saturated rings. The summed E-state index contributed by atoms with van der Waals surface area (Å²) in [5.41, 5.74) is 1.84. The molecule has 25 heavy (non-hydrogen) atoms. The van der Waals surface area contributed by atoms with E-state index in [4.69, 9.17) is 0 Å². The van der Waals surface area contributed by atoms with E-state index in [-0.39, 0.29) is 22.8 Å². The molecule has 0 saturated carbocycles. The first kappa shape index (κ1) is 17.3. The van der Waals surface area contributed by atoms with Gasteiger partial charge in [0.1, 0.15) is 0 Å². The average Bonchev–Trinajstić information content (AvgIpc) is 2.63. The van der Waals surface area contributed by atoms with Gasteiger partial charge in [0.05, 0.1) is 0 Å². The maximum atomic E-state index is 12.7. The first-order valence-electron chi connectivity index (χ1n) is 8.12. The Morgan fingerprint density at radius 1 is 0.840 bits per heavy atom. The van der Waals surface area contributed by atoms with Gasteiger partial charge in [-0.2, -0.15) is 4.57 Å². The third kappa shape index (κ3) is 3.33. The number of ketones is 1. The van der Waals surface area contributed by atoms with Crippen molar-refractivity contribution < 1.29 is 26.3 Å². The second-order valence-corrected chi connectivity index (χ2v) is 6.12. The van der Waals surface area contributed by atoms with Crippen molar-refractivity contribution in [1.82, 2.24) is 0 Å². The summed E-state index contributed by atoms with van der Waals surface area (Å²) in [5.74, 6) is 0.129. The summed E-state index contributed by atoms with van der Waals surface area (Å²) in [7, 11) is 0. The molecule has 1 aromatic heterocycles. The molecule has 0 radical (unpaired) electrons. The molecule has 3 aromatic carbocycles. The summed E-state index contributed by atoms with van der Waals surface area (Å²) >= 11 is 0. The monoisotopic (exact) mass is 391 g/mol. The first-order valence-corrected chi connectivity index (χ1v) is 8.12. The molecule has 4 aromatic rings. The van der Waals surface area contributed by atoms with Crippen LogP contribution in [0.5, 0.6) is 0 Å².